The largest absolute Gasteiger partial charge is 0.497 e. The zero-order chi connectivity index (χ0) is 48.4. The summed E-state index contributed by atoms with van der Waals surface area (Å²) in [6, 6.07) is 17.7. The van der Waals surface area contributed by atoms with Crippen molar-refractivity contribution < 1.29 is 45.7 Å². The van der Waals surface area contributed by atoms with Crippen molar-refractivity contribution in [1.29, 1.82) is 5.26 Å². The van der Waals surface area contributed by atoms with Crippen molar-refractivity contribution in [2.24, 2.45) is 0 Å². The average molecular weight is 951 g/mol. The lowest BCUT2D eigenvalue weighted by Gasteiger charge is -2.41. The number of anilines is 2. The number of nitrogens with zero attached hydrogens (tertiary/aromatic N) is 8. The fraction of sp³-hybridized carbons (Fsp3) is 0.438. The van der Waals surface area contributed by atoms with Gasteiger partial charge in [-0.1, -0.05) is 35.9 Å². The minimum Gasteiger partial charge on any atom is -0.497 e. The summed E-state index contributed by atoms with van der Waals surface area (Å²) in [5.41, 5.74) is -2.49. The van der Waals surface area contributed by atoms with Gasteiger partial charge in [-0.3, -0.25) is 4.90 Å². The van der Waals surface area contributed by atoms with E-state index in [1.807, 2.05) is 24.3 Å². The van der Waals surface area contributed by atoms with Gasteiger partial charge in [0.1, 0.15) is 47.0 Å². The normalized spacial score (nSPS) is 17.9. The number of pyridine rings is 1. The van der Waals surface area contributed by atoms with Crippen LogP contribution in [0.2, 0.25) is 5.02 Å². The second-order valence-corrected chi connectivity index (χ2v) is 18.1. The number of ether oxygens (including phenoxy) is 4. The van der Waals surface area contributed by atoms with E-state index in [9.17, 15) is 14.4 Å². The van der Waals surface area contributed by atoms with Gasteiger partial charge < -0.3 is 33.6 Å². The van der Waals surface area contributed by atoms with E-state index in [-0.39, 0.29) is 93.4 Å². The number of fused-ring (bicyclic) bond motifs is 1. The van der Waals surface area contributed by atoms with Crippen LogP contribution in [0, 0.1) is 24.1 Å². The molecule has 1 amide bonds. The Morgan fingerprint density at radius 1 is 0.925 bits per heavy atom. The van der Waals surface area contributed by atoms with Gasteiger partial charge in [-0.05, 0) is 94.3 Å². The van der Waals surface area contributed by atoms with Gasteiger partial charge in [0.15, 0.2) is 5.82 Å². The van der Waals surface area contributed by atoms with E-state index in [1.54, 1.807) is 66.8 Å². The van der Waals surface area contributed by atoms with E-state index >= 15 is 17.6 Å². The number of alkyl halides is 4. The zero-order valence-electron chi connectivity index (χ0n) is 38.3. The number of carbonyl (C=O) groups is 1. The van der Waals surface area contributed by atoms with Crippen LogP contribution in [-0.2, 0) is 24.0 Å². The molecule has 67 heavy (non-hydrogen) atoms. The number of aromatic nitrogens is 3. The van der Waals surface area contributed by atoms with Crippen LogP contribution in [0.4, 0.5) is 38.4 Å². The number of halogens is 6. The number of aryl methyl sites for hydroxylation is 1. The molecular weight excluding hydrogens is 899 g/mol. The summed E-state index contributed by atoms with van der Waals surface area (Å²) in [7, 11) is 4.82. The Balaban J connectivity index is 1.37. The number of carbonyl (C=O) groups excluding carboxylic acids is 1. The molecule has 1 unspecified atom stereocenters. The van der Waals surface area contributed by atoms with Crippen molar-refractivity contribution in [2.75, 3.05) is 63.9 Å². The zero-order valence-corrected chi connectivity index (χ0v) is 39.0. The topological polar surface area (TPSA) is 129 Å². The first kappa shape index (κ1) is 48.7. The van der Waals surface area contributed by atoms with Crippen LogP contribution >= 0.6 is 11.6 Å². The van der Waals surface area contributed by atoms with E-state index in [2.05, 4.69) is 21.0 Å². The molecular formula is C48H52ClF5N8O5. The Kier molecular flexibility index (Phi) is 14.5. The molecule has 13 nitrogen and oxygen atoms in total. The molecule has 0 bridgehead atoms. The third-order valence-electron chi connectivity index (χ3n) is 11.7. The van der Waals surface area contributed by atoms with Crippen LogP contribution in [0.15, 0.2) is 60.7 Å². The molecule has 4 heterocycles. The Morgan fingerprint density at radius 3 is 2.09 bits per heavy atom. The molecule has 2 fully saturated rings. The van der Waals surface area contributed by atoms with Gasteiger partial charge in [-0.25, -0.2) is 18.6 Å². The van der Waals surface area contributed by atoms with Crippen LogP contribution in [-0.4, -0.2) is 109 Å². The summed E-state index contributed by atoms with van der Waals surface area (Å²) in [5.74, 6) is 0.213. The first-order valence-electron chi connectivity index (χ1n) is 21.6. The summed E-state index contributed by atoms with van der Waals surface area (Å²) in [5, 5.41) is 9.43. The highest BCUT2D eigenvalue weighted by Crippen LogP contribution is 2.46. The number of likely N-dealkylation sites (tertiary alicyclic amines) is 1. The second kappa shape index (κ2) is 20.0. The number of hydrogen-bond acceptors (Lipinski definition) is 12. The van der Waals surface area contributed by atoms with Crippen LogP contribution in [0.25, 0.3) is 22.2 Å². The highest BCUT2D eigenvalue weighted by atomic mass is 35.5. The Bertz CT molecular complexity index is 2580. The highest BCUT2D eigenvalue weighted by molar-refractivity contribution is 6.34. The van der Waals surface area contributed by atoms with Crippen molar-refractivity contribution in [3.05, 3.63) is 93.8 Å². The molecule has 5 aromatic rings. The summed E-state index contributed by atoms with van der Waals surface area (Å²) < 4.78 is 100. The predicted octanol–water partition coefficient (Wildman–Crippen LogP) is 9.80. The number of piperazine rings is 1. The van der Waals surface area contributed by atoms with Crippen molar-refractivity contribution >= 4 is 40.2 Å². The maximum Gasteiger partial charge on any atom is 0.418 e. The summed E-state index contributed by atoms with van der Waals surface area (Å²) in [6.45, 7) is 7.18. The lowest BCUT2D eigenvalue weighted by atomic mass is 9.98. The summed E-state index contributed by atoms with van der Waals surface area (Å²) in [4.78, 5) is 33.7. The molecule has 0 N–H and O–H groups in total. The fourth-order valence-electron chi connectivity index (χ4n) is 8.43. The first-order valence-corrected chi connectivity index (χ1v) is 22.0. The maximum absolute atomic E-state index is 17.7. The van der Waals surface area contributed by atoms with Crippen LogP contribution in [0.3, 0.4) is 0 Å². The van der Waals surface area contributed by atoms with Crippen LogP contribution in [0.1, 0.15) is 55.9 Å². The first-order chi connectivity index (χ1) is 31.8. The molecule has 0 saturated carbocycles. The molecule has 2 aliphatic rings. The molecule has 0 spiro atoms. The van der Waals surface area contributed by atoms with Gasteiger partial charge >= 0.3 is 18.3 Å². The molecule has 7 rings (SSSR count). The summed E-state index contributed by atoms with van der Waals surface area (Å²) >= 11 is 6.95. The molecule has 3 atom stereocenters. The van der Waals surface area contributed by atoms with E-state index in [0.29, 0.717) is 11.5 Å². The highest BCUT2D eigenvalue weighted by Gasteiger charge is 2.40. The SMILES string of the molecule is COc1ccc(CN(Cc2ccc(OC)cc2)c2cc(C)c(C(F)(F)F)c(-c3c(Cl)cc4c(N5CCN(C(=O)OC(C)(C)C)C(CC#N)C5)nc(OC[C@@H]5C[C@@H](F)CN5C)nc4c3F)n2)cc1. The molecule has 0 radical (unpaired) electrons. The number of likely N-dealkylation sites (N-methyl/N-ethyl adjacent to an activating group) is 1. The third kappa shape index (κ3) is 11.2. The lowest BCUT2D eigenvalue weighted by Crippen LogP contribution is -2.56. The molecule has 2 aliphatic heterocycles. The van der Waals surface area contributed by atoms with Gasteiger partial charge in [0, 0.05) is 50.7 Å². The van der Waals surface area contributed by atoms with E-state index in [4.69, 9.17) is 30.5 Å². The number of benzene rings is 3. The number of amides is 1. The molecule has 2 aromatic heterocycles. The number of methoxy groups -OCH3 is 2. The molecule has 3 aromatic carbocycles. The third-order valence-corrected chi connectivity index (χ3v) is 12.0. The lowest BCUT2D eigenvalue weighted by molar-refractivity contribution is -0.137. The van der Waals surface area contributed by atoms with Gasteiger partial charge in [-0.2, -0.15) is 28.4 Å². The number of hydrogen-bond donors (Lipinski definition) is 0. The van der Waals surface area contributed by atoms with Crippen molar-refractivity contribution in [2.45, 2.75) is 83.7 Å². The van der Waals surface area contributed by atoms with Gasteiger partial charge in [-0.15, -0.1) is 0 Å². The molecule has 2 saturated heterocycles. The molecule has 356 valence electrons. The van der Waals surface area contributed by atoms with Gasteiger partial charge in [0.2, 0.25) is 0 Å². The van der Waals surface area contributed by atoms with E-state index < -0.39 is 63.3 Å². The van der Waals surface area contributed by atoms with E-state index in [0.717, 1.165) is 11.1 Å². The van der Waals surface area contributed by atoms with Crippen molar-refractivity contribution in [1.82, 2.24) is 24.8 Å². The van der Waals surface area contributed by atoms with Crippen molar-refractivity contribution in [3.63, 3.8) is 0 Å². The average Bonchev–Trinajstić information content (AvgIpc) is 3.60. The Morgan fingerprint density at radius 2 is 1.55 bits per heavy atom. The standard InChI is InChI=1S/C48H52ClF5N8O5/c1-28-20-38(61(23-29-8-12-34(64-6)13-9-29)24-30-10-14-35(65-7)15-11-30)56-43(40(28)48(52,53)54)39-37(49)22-36-42(41(39)51)57-45(66-27-33-21-31(50)25-59(33)5)58-44(36)60-18-19-62(32(26-60)16-17-55)46(63)67-47(2,3)4/h8-15,20,22,31-33H,16,18-19,21,23-27H2,1-7H3/t31-,32?,33+/m1/s1. The quantitative estimate of drug-likeness (QED) is 0.104. The molecule has 19 heteroatoms. The monoisotopic (exact) mass is 950 g/mol. The second-order valence-electron chi connectivity index (χ2n) is 17.7. The van der Waals surface area contributed by atoms with Gasteiger partial charge in [0.05, 0.1) is 54.6 Å². The van der Waals surface area contributed by atoms with Crippen molar-refractivity contribution in [3.8, 4) is 34.8 Å². The number of rotatable bonds is 13. The van der Waals surface area contributed by atoms with E-state index in [1.165, 1.54) is 38.2 Å². The van der Waals surface area contributed by atoms with Gasteiger partial charge in [0.25, 0.3) is 0 Å². The van der Waals surface area contributed by atoms with Crippen LogP contribution < -0.4 is 24.0 Å². The maximum atomic E-state index is 17.7. The smallest absolute Gasteiger partial charge is 0.418 e. The predicted molar refractivity (Wildman–Crippen MR) is 244 cm³/mol. The summed E-state index contributed by atoms with van der Waals surface area (Å²) in [6.07, 6.45) is -6.64. The molecule has 0 aliphatic carbocycles. The fourth-order valence-corrected chi connectivity index (χ4v) is 8.71. The minimum absolute atomic E-state index is 0.0314. The Hall–Kier alpha value is -6.19. The minimum atomic E-state index is -5.01. The number of nitriles is 1. The Labute approximate surface area is 391 Å². The van der Waals surface area contributed by atoms with Crippen LogP contribution in [0.5, 0.6) is 17.5 Å².